The fourth-order valence-electron chi connectivity index (χ4n) is 3.83. The van der Waals surface area contributed by atoms with Gasteiger partial charge in [-0.05, 0) is 24.3 Å². The van der Waals surface area contributed by atoms with E-state index in [1.54, 1.807) is 24.3 Å². The van der Waals surface area contributed by atoms with Gasteiger partial charge in [-0.1, -0.05) is 36.4 Å². The second-order valence-electron chi connectivity index (χ2n) is 7.20. The number of rotatable bonds is 5. The number of amides is 1. The number of ketones is 1. The number of aliphatic hydroxyl groups excluding tert-OH is 1. The Hall–Kier alpha value is -4.53. The van der Waals surface area contributed by atoms with Gasteiger partial charge in [-0.25, -0.2) is 4.39 Å². The molecule has 166 valence electrons. The first-order valence-corrected chi connectivity index (χ1v) is 9.77. The van der Waals surface area contributed by atoms with Crippen molar-refractivity contribution in [2.75, 3.05) is 12.0 Å². The highest BCUT2D eigenvalue weighted by molar-refractivity contribution is 6.51. The van der Waals surface area contributed by atoms with Gasteiger partial charge >= 0.3 is 0 Å². The highest BCUT2D eigenvalue weighted by Crippen LogP contribution is 2.45. The van der Waals surface area contributed by atoms with E-state index >= 15 is 0 Å². The van der Waals surface area contributed by atoms with Crippen molar-refractivity contribution in [3.05, 3.63) is 105 Å². The SMILES string of the molecule is COc1ccccc1C1/C(=C(\O)c2cccc([N+](=O)[O-])c2)C(=O)C(=O)N1c1cccc(F)c1. The molecule has 8 nitrogen and oxygen atoms in total. The van der Waals surface area contributed by atoms with E-state index in [1.807, 2.05) is 0 Å². The lowest BCUT2D eigenvalue weighted by atomic mass is 9.94. The molecule has 0 radical (unpaired) electrons. The summed E-state index contributed by atoms with van der Waals surface area (Å²) >= 11 is 0. The van der Waals surface area contributed by atoms with Crippen LogP contribution in [0.25, 0.3) is 5.76 Å². The summed E-state index contributed by atoms with van der Waals surface area (Å²) in [6.07, 6.45) is 0. The monoisotopic (exact) mass is 448 g/mol. The Balaban J connectivity index is 2.00. The minimum Gasteiger partial charge on any atom is -0.507 e. The van der Waals surface area contributed by atoms with E-state index in [4.69, 9.17) is 4.74 Å². The van der Waals surface area contributed by atoms with Crippen molar-refractivity contribution in [3.63, 3.8) is 0 Å². The van der Waals surface area contributed by atoms with Crippen molar-refractivity contribution in [2.45, 2.75) is 6.04 Å². The molecule has 1 heterocycles. The van der Waals surface area contributed by atoms with E-state index in [2.05, 4.69) is 0 Å². The Kier molecular flexibility index (Phi) is 5.61. The van der Waals surface area contributed by atoms with Crippen LogP contribution >= 0.6 is 0 Å². The van der Waals surface area contributed by atoms with Gasteiger partial charge in [-0.3, -0.25) is 24.6 Å². The Bertz CT molecular complexity index is 1320. The van der Waals surface area contributed by atoms with E-state index in [1.165, 1.54) is 43.5 Å². The van der Waals surface area contributed by atoms with Crippen molar-refractivity contribution in [3.8, 4) is 5.75 Å². The molecule has 1 N–H and O–H groups in total. The van der Waals surface area contributed by atoms with E-state index in [-0.39, 0.29) is 22.5 Å². The minimum atomic E-state index is -1.16. The summed E-state index contributed by atoms with van der Waals surface area (Å²) < 4.78 is 19.4. The number of aliphatic hydroxyl groups is 1. The molecule has 1 unspecified atom stereocenters. The second-order valence-corrected chi connectivity index (χ2v) is 7.20. The predicted molar refractivity (Wildman–Crippen MR) is 117 cm³/mol. The predicted octanol–water partition coefficient (Wildman–Crippen LogP) is 4.37. The quantitative estimate of drug-likeness (QED) is 0.204. The van der Waals surface area contributed by atoms with Crippen molar-refractivity contribution in [2.24, 2.45) is 0 Å². The lowest BCUT2D eigenvalue weighted by Gasteiger charge is -2.26. The van der Waals surface area contributed by atoms with Gasteiger partial charge in [0, 0.05) is 28.9 Å². The average Bonchev–Trinajstić information content (AvgIpc) is 3.08. The zero-order valence-electron chi connectivity index (χ0n) is 17.3. The third-order valence-corrected chi connectivity index (χ3v) is 5.29. The standard InChI is InChI=1S/C24H17FN2O6/c1-33-19-11-3-2-10-18(19)21-20(22(28)14-6-4-9-17(12-14)27(31)32)23(29)24(30)26(21)16-8-5-7-15(25)13-16/h2-13,21,28H,1H3/b22-20+. The molecule has 3 aromatic rings. The largest absolute Gasteiger partial charge is 0.507 e. The van der Waals surface area contributed by atoms with Crippen LogP contribution in [0.4, 0.5) is 15.8 Å². The molecule has 1 aliphatic rings. The molecule has 33 heavy (non-hydrogen) atoms. The third-order valence-electron chi connectivity index (χ3n) is 5.29. The summed E-state index contributed by atoms with van der Waals surface area (Å²) in [5.74, 6) is -2.88. The molecule has 0 spiro atoms. The molecular weight excluding hydrogens is 431 g/mol. The van der Waals surface area contributed by atoms with E-state index in [0.29, 0.717) is 11.3 Å². The number of nitro groups is 1. The van der Waals surface area contributed by atoms with Crippen molar-refractivity contribution < 1.29 is 28.7 Å². The van der Waals surface area contributed by atoms with Gasteiger partial charge in [-0.15, -0.1) is 0 Å². The number of carbonyl (C=O) groups excluding carboxylic acids is 2. The number of carbonyl (C=O) groups is 2. The first-order chi connectivity index (χ1) is 15.8. The summed E-state index contributed by atoms with van der Waals surface area (Å²) in [5, 5.41) is 22.2. The Morgan fingerprint density at radius 3 is 2.48 bits per heavy atom. The normalized spacial score (nSPS) is 17.3. The van der Waals surface area contributed by atoms with Crippen LogP contribution in [0.2, 0.25) is 0 Å². The van der Waals surface area contributed by atoms with Crippen LogP contribution < -0.4 is 9.64 Å². The number of hydrogen-bond donors (Lipinski definition) is 1. The number of nitrogens with zero attached hydrogens (tertiary/aromatic N) is 2. The second kappa shape index (κ2) is 8.54. The van der Waals surface area contributed by atoms with Gasteiger partial charge in [0.05, 0.1) is 23.6 Å². The maximum Gasteiger partial charge on any atom is 0.300 e. The average molecular weight is 448 g/mol. The fraction of sp³-hybridized carbons (Fsp3) is 0.0833. The Morgan fingerprint density at radius 2 is 1.79 bits per heavy atom. The summed E-state index contributed by atoms with van der Waals surface area (Å²) in [4.78, 5) is 37.8. The van der Waals surface area contributed by atoms with E-state index < -0.39 is 34.2 Å². The van der Waals surface area contributed by atoms with Gasteiger partial charge in [0.15, 0.2) is 0 Å². The first-order valence-electron chi connectivity index (χ1n) is 9.77. The molecular formula is C24H17FN2O6. The van der Waals surface area contributed by atoms with E-state index in [0.717, 1.165) is 17.0 Å². The number of ether oxygens (including phenoxy) is 1. The van der Waals surface area contributed by atoms with Gasteiger partial charge in [0.1, 0.15) is 17.3 Å². The van der Waals surface area contributed by atoms with Gasteiger partial charge in [-0.2, -0.15) is 0 Å². The lowest BCUT2D eigenvalue weighted by molar-refractivity contribution is -0.384. The van der Waals surface area contributed by atoms with Crippen molar-refractivity contribution in [1.82, 2.24) is 0 Å². The zero-order chi connectivity index (χ0) is 23.7. The molecule has 4 rings (SSSR count). The Morgan fingerprint density at radius 1 is 1.06 bits per heavy atom. The van der Waals surface area contributed by atoms with Crippen LogP contribution in [0.3, 0.4) is 0 Å². The number of anilines is 1. The van der Waals surface area contributed by atoms with Crippen LogP contribution in [0.5, 0.6) is 5.75 Å². The number of Topliss-reactive ketones (excluding diaryl/α,β-unsaturated/α-hetero) is 1. The molecule has 1 fully saturated rings. The number of hydrogen-bond acceptors (Lipinski definition) is 6. The van der Waals surface area contributed by atoms with Gasteiger partial charge < -0.3 is 9.84 Å². The van der Waals surface area contributed by atoms with Crippen LogP contribution in [0.1, 0.15) is 17.2 Å². The van der Waals surface area contributed by atoms with Gasteiger partial charge in [0.25, 0.3) is 17.4 Å². The number of methoxy groups -OCH3 is 1. The molecule has 0 bridgehead atoms. The lowest BCUT2D eigenvalue weighted by Crippen LogP contribution is -2.29. The molecule has 1 amide bonds. The summed E-state index contributed by atoms with van der Waals surface area (Å²) in [5.41, 5.74) is -0.135. The molecule has 0 saturated carbocycles. The molecule has 1 atom stereocenters. The smallest absolute Gasteiger partial charge is 0.300 e. The summed E-state index contributed by atoms with van der Waals surface area (Å²) in [6, 6.07) is 15.7. The molecule has 1 aliphatic heterocycles. The highest BCUT2D eigenvalue weighted by atomic mass is 19.1. The minimum absolute atomic E-state index is 0.0126. The number of benzene rings is 3. The first kappa shape index (κ1) is 21.7. The number of nitro benzene ring substituents is 1. The Labute approximate surface area is 187 Å². The maximum atomic E-state index is 14.0. The fourth-order valence-corrected chi connectivity index (χ4v) is 3.83. The number of halogens is 1. The van der Waals surface area contributed by atoms with E-state index in [9.17, 15) is 29.2 Å². The molecule has 1 saturated heterocycles. The highest BCUT2D eigenvalue weighted by Gasteiger charge is 2.48. The third kappa shape index (κ3) is 3.80. The van der Waals surface area contributed by atoms with Crippen LogP contribution in [-0.4, -0.2) is 28.8 Å². The maximum absolute atomic E-state index is 14.0. The number of para-hydroxylation sites is 1. The van der Waals surface area contributed by atoms with Crippen LogP contribution in [-0.2, 0) is 9.59 Å². The van der Waals surface area contributed by atoms with Crippen molar-refractivity contribution in [1.29, 1.82) is 0 Å². The van der Waals surface area contributed by atoms with Crippen LogP contribution in [0, 0.1) is 15.9 Å². The van der Waals surface area contributed by atoms with Crippen molar-refractivity contribution >= 4 is 28.8 Å². The molecule has 9 heteroatoms. The summed E-state index contributed by atoms with van der Waals surface area (Å²) in [7, 11) is 1.41. The molecule has 3 aromatic carbocycles. The molecule has 0 aromatic heterocycles. The van der Waals surface area contributed by atoms with Gasteiger partial charge in [0.2, 0.25) is 0 Å². The number of non-ortho nitro benzene ring substituents is 1. The summed E-state index contributed by atoms with van der Waals surface area (Å²) in [6.45, 7) is 0. The zero-order valence-corrected chi connectivity index (χ0v) is 17.3. The molecule has 0 aliphatic carbocycles. The van der Waals surface area contributed by atoms with Crippen LogP contribution in [0.15, 0.2) is 78.4 Å². The topological polar surface area (TPSA) is 110 Å².